The van der Waals surface area contributed by atoms with Crippen molar-refractivity contribution in [1.82, 2.24) is 9.78 Å². The normalized spacial score (nSPS) is 27.8. The van der Waals surface area contributed by atoms with Crippen molar-refractivity contribution in [3.05, 3.63) is 11.8 Å². The van der Waals surface area contributed by atoms with Gasteiger partial charge in [0, 0.05) is 12.3 Å². The fraction of sp³-hybridized carbons (Fsp3) is 0.812. The van der Waals surface area contributed by atoms with E-state index in [0.717, 1.165) is 18.2 Å². The van der Waals surface area contributed by atoms with Crippen molar-refractivity contribution in [2.75, 3.05) is 6.54 Å². The summed E-state index contributed by atoms with van der Waals surface area (Å²) in [4.78, 5) is 0. The predicted octanol–water partition coefficient (Wildman–Crippen LogP) is 3.61. The van der Waals surface area contributed by atoms with Gasteiger partial charge in [-0.25, -0.2) is 0 Å². The maximum absolute atomic E-state index is 6.01. The number of hydrogen-bond acceptors (Lipinski definition) is 3. The van der Waals surface area contributed by atoms with Crippen LogP contribution < -0.4 is 5.73 Å². The van der Waals surface area contributed by atoms with Gasteiger partial charge in [-0.15, -0.1) is 11.8 Å². The lowest BCUT2D eigenvalue weighted by Crippen LogP contribution is -2.36. The van der Waals surface area contributed by atoms with Crippen LogP contribution in [0.5, 0.6) is 0 Å². The molecule has 0 saturated heterocycles. The van der Waals surface area contributed by atoms with E-state index in [1.54, 1.807) is 0 Å². The molecule has 1 saturated carbocycles. The molecule has 0 bridgehead atoms. The molecule has 1 aliphatic carbocycles. The Morgan fingerprint density at radius 1 is 1.40 bits per heavy atom. The topological polar surface area (TPSA) is 43.8 Å². The van der Waals surface area contributed by atoms with Gasteiger partial charge in [-0.3, -0.25) is 4.68 Å². The molecular weight excluding hydrogens is 266 g/mol. The molecule has 3 unspecified atom stereocenters. The zero-order valence-corrected chi connectivity index (χ0v) is 14.3. The van der Waals surface area contributed by atoms with Gasteiger partial charge >= 0.3 is 0 Å². The van der Waals surface area contributed by atoms with Crippen molar-refractivity contribution < 1.29 is 0 Å². The molecule has 1 aromatic heterocycles. The van der Waals surface area contributed by atoms with Gasteiger partial charge in [0.1, 0.15) is 0 Å². The molecule has 2 N–H and O–H groups in total. The van der Waals surface area contributed by atoms with Crippen LogP contribution in [0.3, 0.4) is 0 Å². The number of aryl methyl sites for hydroxylation is 2. The fourth-order valence-corrected chi connectivity index (χ4v) is 4.75. The monoisotopic (exact) mass is 295 g/mol. The molecule has 4 heteroatoms. The lowest BCUT2D eigenvalue weighted by atomic mass is 9.69. The third-order valence-corrected chi connectivity index (χ3v) is 6.19. The van der Waals surface area contributed by atoms with E-state index in [1.165, 1.54) is 24.3 Å². The molecule has 3 atom stereocenters. The average molecular weight is 295 g/mol. The Morgan fingerprint density at radius 2 is 2.10 bits per heavy atom. The van der Waals surface area contributed by atoms with Crippen LogP contribution in [-0.4, -0.2) is 21.6 Å². The first-order valence-corrected chi connectivity index (χ1v) is 8.56. The van der Waals surface area contributed by atoms with E-state index in [1.807, 2.05) is 23.5 Å². The molecule has 3 nitrogen and oxygen atoms in total. The Balaban J connectivity index is 2.11. The van der Waals surface area contributed by atoms with Gasteiger partial charge in [-0.2, -0.15) is 5.10 Å². The highest BCUT2D eigenvalue weighted by atomic mass is 32.2. The summed E-state index contributed by atoms with van der Waals surface area (Å²) < 4.78 is 2.01. The summed E-state index contributed by atoms with van der Waals surface area (Å²) in [5, 5.41) is 6.37. The quantitative estimate of drug-likeness (QED) is 0.926. The third-order valence-electron chi connectivity index (χ3n) is 4.69. The SMILES string of the molecule is Cc1cc(SC2CC(C(C)(C)C)CCC2CN)n(C)n1. The number of nitrogens with two attached hydrogens (primary N) is 1. The second-order valence-corrected chi connectivity index (χ2v) is 8.54. The molecule has 114 valence electrons. The molecule has 1 aliphatic rings. The first-order valence-electron chi connectivity index (χ1n) is 7.68. The van der Waals surface area contributed by atoms with Crippen LogP contribution in [0.2, 0.25) is 0 Å². The van der Waals surface area contributed by atoms with Crippen molar-refractivity contribution >= 4 is 11.8 Å². The minimum Gasteiger partial charge on any atom is -0.330 e. The van der Waals surface area contributed by atoms with Crippen LogP contribution in [0, 0.1) is 24.2 Å². The Morgan fingerprint density at radius 3 is 2.60 bits per heavy atom. The van der Waals surface area contributed by atoms with Gasteiger partial charge in [0.05, 0.1) is 10.7 Å². The van der Waals surface area contributed by atoms with Gasteiger partial charge < -0.3 is 5.73 Å². The summed E-state index contributed by atoms with van der Waals surface area (Å²) in [5.74, 6) is 1.45. The zero-order valence-electron chi connectivity index (χ0n) is 13.5. The van der Waals surface area contributed by atoms with E-state index in [0.29, 0.717) is 16.6 Å². The van der Waals surface area contributed by atoms with Crippen molar-refractivity contribution in [3.8, 4) is 0 Å². The van der Waals surface area contributed by atoms with Gasteiger partial charge in [0.25, 0.3) is 0 Å². The van der Waals surface area contributed by atoms with E-state index in [2.05, 4.69) is 38.9 Å². The first kappa shape index (κ1) is 15.9. The van der Waals surface area contributed by atoms with Crippen LogP contribution in [-0.2, 0) is 7.05 Å². The molecule has 2 rings (SSSR count). The summed E-state index contributed by atoms with van der Waals surface area (Å²) in [6.07, 6.45) is 3.88. The smallest absolute Gasteiger partial charge is 0.0942 e. The van der Waals surface area contributed by atoms with Crippen LogP contribution in [0.25, 0.3) is 0 Å². The van der Waals surface area contributed by atoms with Gasteiger partial charge in [0.15, 0.2) is 0 Å². The lowest BCUT2D eigenvalue weighted by Gasteiger charge is -2.41. The third kappa shape index (κ3) is 3.59. The molecule has 0 aromatic carbocycles. The second-order valence-electron chi connectivity index (χ2n) is 7.28. The maximum Gasteiger partial charge on any atom is 0.0942 e. The summed E-state index contributed by atoms with van der Waals surface area (Å²) in [5.41, 5.74) is 7.51. The number of hydrogen-bond donors (Lipinski definition) is 1. The molecule has 0 amide bonds. The molecule has 1 aromatic rings. The molecule has 1 fully saturated rings. The van der Waals surface area contributed by atoms with Crippen LogP contribution >= 0.6 is 11.8 Å². The number of rotatable bonds is 3. The van der Waals surface area contributed by atoms with E-state index in [4.69, 9.17) is 5.73 Å². The zero-order chi connectivity index (χ0) is 14.9. The van der Waals surface area contributed by atoms with Crippen LogP contribution in [0.1, 0.15) is 45.7 Å². The fourth-order valence-electron chi connectivity index (χ4n) is 3.24. The standard InChI is InChI=1S/C16H29N3S/c1-11-8-15(19(5)18-11)20-14-9-13(16(2,3)4)7-6-12(14)10-17/h8,12-14H,6-7,9-10,17H2,1-5H3. The van der Waals surface area contributed by atoms with Crippen molar-refractivity contribution in [2.45, 2.75) is 57.2 Å². The highest BCUT2D eigenvalue weighted by molar-refractivity contribution is 7.99. The highest BCUT2D eigenvalue weighted by Gasteiger charge is 2.36. The molecule has 0 radical (unpaired) electrons. The minimum absolute atomic E-state index is 0.404. The average Bonchev–Trinajstić information content (AvgIpc) is 2.66. The number of aromatic nitrogens is 2. The Hall–Kier alpha value is -0.480. The molecule has 20 heavy (non-hydrogen) atoms. The number of nitrogens with zero attached hydrogens (tertiary/aromatic N) is 2. The minimum atomic E-state index is 0.404. The summed E-state index contributed by atoms with van der Waals surface area (Å²) in [7, 11) is 2.04. The summed E-state index contributed by atoms with van der Waals surface area (Å²) in [6.45, 7) is 9.98. The van der Waals surface area contributed by atoms with Gasteiger partial charge in [0.2, 0.25) is 0 Å². The Kier molecular flexibility index (Phi) is 4.85. The first-order chi connectivity index (χ1) is 9.31. The molecular formula is C16H29N3S. The second kappa shape index (κ2) is 6.10. The summed E-state index contributed by atoms with van der Waals surface area (Å²) >= 11 is 1.98. The highest BCUT2D eigenvalue weighted by Crippen LogP contribution is 2.45. The van der Waals surface area contributed by atoms with Gasteiger partial charge in [-0.05, 0) is 56.0 Å². The Bertz CT molecular complexity index is 447. The van der Waals surface area contributed by atoms with E-state index in [-0.39, 0.29) is 0 Å². The van der Waals surface area contributed by atoms with Crippen molar-refractivity contribution in [2.24, 2.45) is 30.0 Å². The maximum atomic E-state index is 6.01. The van der Waals surface area contributed by atoms with Gasteiger partial charge in [-0.1, -0.05) is 20.8 Å². The van der Waals surface area contributed by atoms with Crippen molar-refractivity contribution in [1.29, 1.82) is 0 Å². The predicted molar refractivity (Wildman–Crippen MR) is 86.9 cm³/mol. The largest absolute Gasteiger partial charge is 0.330 e. The van der Waals surface area contributed by atoms with E-state index in [9.17, 15) is 0 Å². The van der Waals surface area contributed by atoms with Crippen LogP contribution in [0.4, 0.5) is 0 Å². The number of thioether (sulfide) groups is 1. The van der Waals surface area contributed by atoms with Crippen molar-refractivity contribution in [3.63, 3.8) is 0 Å². The molecule has 1 heterocycles. The Labute approximate surface area is 127 Å². The van der Waals surface area contributed by atoms with E-state index >= 15 is 0 Å². The molecule has 0 spiro atoms. The van der Waals surface area contributed by atoms with Crippen LogP contribution in [0.15, 0.2) is 11.1 Å². The van der Waals surface area contributed by atoms with E-state index < -0.39 is 0 Å². The molecule has 0 aliphatic heterocycles. The lowest BCUT2D eigenvalue weighted by molar-refractivity contribution is 0.157. The summed E-state index contributed by atoms with van der Waals surface area (Å²) in [6, 6.07) is 2.19.